The van der Waals surface area contributed by atoms with Crippen molar-refractivity contribution in [3.63, 3.8) is 0 Å². The van der Waals surface area contributed by atoms with Crippen LogP contribution in [0.15, 0.2) is 52.4 Å². The maximum Gasteiger partial charge on any atom is 0.225 e. The Bertz CT molecular complexity index is 814. The zero-order valence-electron chi connectivity index (χ0n) is 13.6. The van der Waals surface area contributed by atoms with Crippen LogP contribution in [-0.4, -0.2) is 27.8 Å². The number of rotatable bonds is 7. The highest BCUT2D eigenvalue weighted by molar-refractivity contribution is 6.29. The lowest BCUT2D eigenvalue weighted by molar-refractivity contribution is -0.116. The van der Waals surface area contributed by atoms with Gasteiger partial charge in [-0.05, 0) is 38.3 Å². The Hall–Kier alpha value is -2.80. The molecule has 2 N–H and O–H groups in total. The van der Waals surface area contributed by atoms with Crippen LogP contribution in [-0.2, 0) is 4.79 Å². The number of aliphatic imine (C=N–C) groups is 1. The van der Waals surface area contributed by atoms with Crippen molar-refractivity contribution >= 4 is 30.0 Å². The van der Waals surface area contributed by atoms with E-state index in [4.69, 9.17) is 11.6 Å². The second-order valence-corrected chi connectivity index (χ2v) is 5.59. The number of anilines is 1. The Morgan fingerprint density at radius 3 is 2.80 bits per heavy atom. The van der Waals surface area contributed by atoms with Gasteiger partial charge in [0.15, 0.2) is 11.6 Å². The number of amides is 1. The first-order valence-electron chi connectivity index (χ1n) is 7.45. The number of aromatic nitrogens is 3. The standard InChI is InChI=1S/C17H17ClFN5O/c1-11(3-5-13(18)20-2)4-6-14(25)22-17-15(19)16(23-24-17)12-7-9-21-10-8-12/h3,5,7-10H,2,4,6H2,1H3,(H2,22,23,24,25)/b11-3+,13-5-. The van der Waals surface area contributed by atoms with Crippen LogP contribution in [0.25, 0.3) is 11.3 Å². The number of aromatic amines is 1. The van der Waals surface area contributed by atoms with E-state index in [1.165, 1.54) is 0 Å². The summed E-state index contributed by atoms with van der Waals surface area (Å²) in [5, 5.41) is 9.13. The van der Waals surface area contributed by atoms with E-state index in [-0.39, 0.29) is 29.0 Å². The number of pyridine rings is 1. The molecule has 1 amide bonds. The van der Waals surface area contributed by atoms with Gasteiger partial charge in [0.1, 0.15) is 10.9 Å². The fourth-order valence-corrected chi connectivity index (χ4v) is 2.04. The van der Waals surface area contributed by atoms with E-state index in [0.717, 1.165) is 5.57 Å². The molecule has 130 valence electrons. The molecular formula is C17H17ClFN5O. The minimum atomic E-state index is -0.612. The number of hydrogen-bond acceptors (Lipinski definition) is 4. The number of carbonyl (C=O) groups is 1. The highest BCUT2D eigenvalue weighted by atomic mass is 35.5. The molecule has 25 heavy (non-hydrogen) atoms. The molecule has 0 aliphatic heterocycles. The number of carbonyl (C=O) groups excluding carboxylic acids is 1. The zero-order valence-corrected chi connectivity index (χ0v) is 14.3. The summed E-state index contributed by atoms with van der Waals surface area (Å²) in [5.74, 6) is -1.08. The molecule has 2 aromatic heterocycles. The highest BCUT2D eigenvalue weighted by Crippen LogP contribution is 2.24. The minimum Gasteiger partial charge on any atom is -0.307 e. The van der Waals surface area contributed by atoms with Crippen LogP contribution in [0.4, 0.5) is 10.2 Å². The lowest BCUT2D eigenvalue weighted by Crippen LogP contribution is -2.12. The molecule has 2 heterocycles. The first-order chi connectivity index (χ1) is 12.0. The number of halogens is 2. The van der Waals surface area contributed by atoms with Crippen LogP contribution in [0.1, 0.15) is 19.8 Å². The number of allylic oxidation sites excluding steroid dienone is 3. The van der Waals surface area contributed by atoms with Crippen LogP contribution in [0, 0.1) is 5.82 Å². The Morgan fingerprint density at radius 2 is 2.12 bits per heavy atom. The number of nitrogens with one attached hydrogen (secondary N) is 2. The van der Waals surface area contributed by atoms with Gasteiger partial charge in [-0.1, -0.05) is 23.3 Å². The van der Waals surface area contributed by atoms with Crippen LogP contribution in [0.2, 0.25) is 0 Å². The van der Waals surface area contributed by atoms with E-state index < -0.39 is 5.82 Å². The molecule has 0 saturated heterocycles. The van der Waals surface area contributed by atoms with Gasteiger partial charge in [-0.15, -0.1) is 0 Å². The molecule has 0 aliphatic rings. The van der Waals surface area contributed by atoms with E-state index in [1.807, 2.05) is 6.92 Å². The summed E-state index contributed by atoms with van der Waals surface area (Å²) in [6, 6.07) is 3.29. The largest absolute Gasteiger partial charge is 0.307 e. The summed E-state index contributed by atoms with van der Waals surface area (Å²) < 4.78 is 14.3. The average molecular weight is 362 g/mol. The van der Waals surface area contributed by atoms with E-state index in [9.17, 15) is 9.18 Å². The van der Waals surface area contributed by atoms with E-state index in [1.54, 1.807) is 36.7 Å². The normalized spacial score (nSPS) is 12.1. The molecule has 2 aromatic rings. The molecule has 0 fully saturated rings. The maximum atomic E-state index is 14.3. The molecule has 0 saturated carbocycles. The molecule has 2 rings (SSSR count). The Labute approximate surface area is 149 Å². The van der Waals surface area contributed by atoms with Crippen molar-refractivity contribution in [3.05, 3.63) is 53.2 Å². The van der Waals surface area contributed by atoms with Gasteiger partial charge in [0.05, 0.1) is 0 Å². The third-order valence-corrected chi connectivity index (χ3v) is 3.58. The van der Waals surface area contributed by atoms with Gasteiger partial charge in [0.25, 0.3) is 0 Å². The van der Waals surface area contributed by atoms with Crippen molar-refractivity contribution in [1.29, 1.82) is 0 Å². The maximum absolute atomic E-state index is 14.3. The van der Waals surface area contributed by atoms with Gasteiger partial charge in [0.2, 0.25) is 5.91 Å². The molecule has 0 aliphatic carbocycles. The van der Waals surface area contributed by atoms with Crippen molar-refractivity contribution in [1.82, 2.24) is 15.2 Å². The van der Waals surface area contributed by atoms with E-state index in [2.05, 4.69) is 32.2 Å². The van der Waals surface area contributed by atoms with Crippen LogP contribution < -0.4 is 5.32 Å². The van der Waals surface area contributed by atoms with Gasteiger partial charge in [-0.25, -0.2) is 4.39 Å². The van der Waals surface area contributed by atoms with Crippen molar-refractivity contribution in [2.45, 2.75) is 19.8 Å². The minimum absolute atomic E-state index is 0.128. The Kier molecular flexibility index (Phi) is 6.59. The molecule has 0 spiro atoms. The van der Waals surface area contributed by atoms with Gasteiger partial charge < -0.3 is 5.32 Å². The summed E-state index contributed by atoms with van der Waals surface area (Å²) in [5.41, 5.74) is 1.72. The Morgan fingerprint density at radius 1 is 1.40 bits per heavy atom. The first-order valence-corrected chi connectivity index (χ1v) is 7.83. The molecule has 8 heteroatoms. The molecule has 0 aromatic carbocycles. The number of H-pyrrole nitrogens is 1. The molecular weight excluding hydrogens is 345 g/mol. The molecule has 6 nitrogen and oxygen atoms in total. The quantitative estimate of drug-likeness (QED) is 0.443. The third-order valence-electron chi connectivity index (χ3n) is 3.34. The monoisotopic (exact) mass is 361 g/mol. The Balaban J connectivity index is 1.96. The summed E-state index contributed by atoms with van der Waals surface area (Å²) in [7, 11) is 0. The lowest BCUT2D eigenvalue weighted by Gasteiger charge is -2.03. The van der Waals surface area contributed by atoms with Crippen LogP contribution >= 0.6 is 11.6 Å². The second kappa shape index (κ2) is 8.89. The van der Waals surface area contributed by atoms with Gasteiger partial charge in [-0.2, -0.15) is 5.10 Å². The highest BCUT2D eigenvalue weighted by Gasteiger charge is 2.16. The second-order valence-electron chi connectivity index (χ2n) is 5.21. The SMILES string of the molecule is C=N/C(Cl)=C\C=C(/C)CCC(=O)Nc1n[nH]c(-c2ccncc2)c1F. The fourth-order valence-electron chi connectivity index (χ4n) is 1.97. The third kappa shape index (κ3) is 5.36. The number of hydrogen-bond donors (Lipinski definition) is 2. The van der Waals surface area contributed by atoms with E-state index in [0.29, 0.717) is 12.0 Å². The fraction of sp³-hybridized carbons (Fsp3) is 0.176. The average Bonchev–Trinajstić information content (AvgIpc) is 2.99. The van der Waals surface area contributed by atoms with Crippen molar-refractivity contribution in [2.75, 3.05) is 5.32 Å². The molecule has 0 atom stereocenters. The van der Waals surface area contributed by atoms with Gasteiger partial charge in [0, 0.05) is 24.4 Å². The zero-order chi connectivity index (χ0) is 18.2. The van der Waals surface area contributed by atoms with E-state index >= 15 is 0 Å². The predicted octanol–water partition coefficient (Wildman–Crippen LogP) is 4.06. The van der Waals surface area contributed by atoms with Crippen molar-refractivity contribution < 1.29 is 9.18 Å². The first kappa shape index (κ1) is 18.5. The molecule has 0 unspecified atom stereocenters. The molecule has 0 bridgehead atoms. The summed E-state index contributed by atoms with van der Waals surface area (Å²) >= 11 is 5.70. The number of nitrogens with zero attached hydrogens (tertiary/aromatic N) is 3. The predicted molar refractivity (Wildman–Crippen MR) is 96.9 cm³/mol. The summed E-state index contributed by atoms with van der Waals surface area (Å²) in [6.45, 7) is 5.15. The van der Waals surface area contributed by atoms with Crippen molar-refractivity contribution in [2.24, 2.45) is 4.99 Å². The summed E-state index contributed by atoms with van der Waals surface area (Å²) in [4.78, 5) is 19.4. The topological polar surface area (TPSA) is 83.0 Å². The van der Waals surface area contributed by atoms with Gasteiger partial charge >= 0.3 is 0 Å². The van der Waals surface area contributed by atoms with Crippen LogP contribution in [0.3, 0.4) is 0 Å². The smallest absolute Gasteiger partial charge is 0.225 e. The molecule has 0 radical (unpaired) electrons. The van der Waals surface area contributed by atoms with Gasteiger partial charge in [-0.3, -0.25) is 19.9 Å². The van der Waals surface area contributed by atoms with Crippen LogP contribution in [0.5, 0.6) is 0 Å². The summed E-state index contributed by atoms with van der Waals surface area (Å²) in [6.07, 6.45) is 7.12. The lowest BCUT2D eigenvalue weighted by atomic mass is 10.1. The van der Waals surface area contributed by atoms with Crippen molar-refractivity contribution in [3.8, 4) is 11.3 Å².